The second kappa shape index (κ2) is 7.05. The van der Waals surface area contributed by atoms with Crippen LogP contribution in [0.15, 0.2) is 18.6 Å². The van der Waals surface area contributed by atoms with E-state index in [0.29, 0.717) is 11.8 Å². The van der Waals surface area contributed by atoms with Crippen LogP contribution in [0.4, 0.5) is 5.82 Å². The summed E-state index contributed by atoms with van der Waals surface area (Å²) in [6, 6.07) is 0.109. The van der Waals surface area contributed by atoms with Crippen LogP contribution in [0.5, 0.6) is 5.88 Å². The Labute approximate surface area is 135 Å². The summed E-state index contributed by atoms with van der Waals surface area (Å²) in [6.07, 6.45) is 10.5. The number of hydrogen-bond donors (Lipinski definition) is 1. The predicted octanol–water partition coefficient (Wildman–Crippen LogP) is 3.98. The van der Waals surface area contributed by atoms with E-state index < -0.39 is 0 Å². The lowest BCUT2D eigenvalue weighted by atomic mass is 10.1. The molecule has 0 aliphatic heterocycles. The first kappa shape index (κ1) is 15.2. The molecule has 118 valence electrons. The summed E-state index contributed by atoms with van der Waals surface area (Å²) in [4.78, 5) is 14.3. The van der Waals surface area contributed by atoms with Crippen molar-refractivity contribution in [1.82, 2.24) is 15.0 Å². The summed E-state index contributed by atoms with van der Waals surface area (Å²) < 4.78 is 5.80. The number of anilines is 1. The van der Waals surface area contributed by atoms with Crippen LogP contribution in [-0.4, -0.2) is 21.6 Å². The number of rotatable bonds is 6. The molecule has 5 nitrogen and oxygen atoms in total. The fourth-order valence-electron chi connectivity index (χ4n) is 2.72. The standard InChI is InChI=1S/C16H22N4OS/c1-11-7-18-16(22-11)12(2)19-14-8-17-9-15(20-14)21-10-13-5-3-4-6-13/h7-9,12-13H,3-6,10H2,1-2H3,(H,19,20). The summed E-state index contributed by atoms with van der Waals surface area (Å²) in [7, 11) is 0. The van der Waals surface area contributed by atoms with Gasteiger partial charge in [0.2, 0.25) is 5.88 Å². The Morgan fingerprint density at radius 1 is 1.32 bits per heavy atom. The lowest BCUT2D eigenvalue weighted by Crippen LogP contribution is -2.11. The summed E-state index contributed by atoms with van der Waals surface area (Å²) in [6.45, 7) is 4.89. The van der Waals surface area contributed by atoms with E-state index in [0.717, 1.165) is 17.4 Å². The van der Waals surface area contributed by atoms with E-state index >= 15 is 0 Å². The first-order chi connectivity index (χ1) is 10.7. The van der Waals surface area contributed by atoms with Crippen molar-refractivity contribution in [3.05, 3.63) is 28.5 Å². The Balaban J connectivity index is 1.58. The van der Waals surface area contributed by atoms with Crippen LogP contribution in [0.25, 0.3) is 0 Å². The van der Waals surface area contributed by atoms with Crippen molar-refractivity contribution >= 4 is 17.2 Å². The van der Waals surface area contributed by atoms with Crippen LogP contribution in [0.2, 0.25) is 0 Å². The van der Waals surface area contributed by atoms with Gasteiger partial charge in [0.15, 0.2) is 0 Å². The zero-order valence-electron chi connectivity index (χ0n) is 13.1. The van der Waals surface area contributed by atoms with Crippen molar-refractivity contribution in [2.45, 2.75) is 45.6 Å². The van der Waals surface area contributed by atoms with Gasteiger partial charge in [-0.05, 0) is 32.6 Å². The molecule has 0 amide bonds. The highest BCUT2D eigenvalue weighted by molar-refractivity contribution is 7.11. The normalized spacial score (nSPS) is 16.6. The van der Waals surface area contributed by atoms with Gasteiger partial charge in [0.1, 0.15) is 10.8 Å². The third-order valence-corrected chi connectivity index (χ3v) is 5.02. The first-order valence-corrected chi connectivity index (χ1v) is 8.66. The second-order valence-corrected chi connectivity index (χ2v) is 7.15. The van der Waals surface area contributed by atoms with Crippen molar-refractivity contribution in [2.24, 2.45) is 5.92 Å². The van der Waals surface area contributed by atoms with E-state index in [2.05, 4.69) is 34.1 Å². The zero-order chi connectivity index (χ0) is 15.4. The minimum Gasteiger partial charge on any atom is -0.476 e. The lowest BCUT2D eigenvalue weighted by molar-refractivity contribution is 0.243. The smallest absolute Gasteiger partial charge is 0.234 e. The maximum atomic E-state index is 5.80. The molecule has 22 heavy (non-hydrogen) atoms. The highest BCUT2D eigenvalue weighted by atomic mass is 32.1. The van der Waals surface area contributed by atoms with Crippen LogP contribution in [0.1, 0.15) is 48.5 Å². The van der Waals surface area contributed by atoms with Gasteiger partial charge in [-0.25, -0.2) is 4.98 Å². The number of hydrogen-bond acceptors (Lipinski definition) is 6. The Kier molecular flexibility index (Phi) is 4.87. The molecule has 1 saturated carbocycles. The summed E-state index contributed by atoms with van der Waals surface area (Å²) in [5.41, 5.74) is 0. The van der Waals surface area contributed by atoms with E-state index in [1.807, 2.05) is 6.20 Å². The molecule has 1 atom stereocenters. The highest BCUT2D eigenvalue weighted by Gasteiger charge is 2.16. The third-order valence-electron chi connectivity index (χ3n) is 3.93. The van der Waals surface area contributed by atoms with E-state index in [-0.39, 0.29) is 6.04 Å². The van der Waals surface area contributed by atoms with Crippen LogP contribution in [0.3, 0.4) is 0 Å². The van der Waals surface area contributed by atoms with Gasteiger partial charge in [0.25, 0.3) is 0 Å². The Morgan fingerprint density at radius 3 is 2.86 bits per heavy atom. The summed E-state index contributed by atoms with van der Waals surface area (Å²) >= 11 is 1.69. The predicted molar refractivity (Wildman–Crippen MR) is 88.4 cm³/mol. The van der Waals surface area contributed by atoms with Gasteiger partial charge in [-0.15, -0.1) is 11.3 Å². The minimum atomic E-state index is 0.109. The average Bonchev–Trinajstić information content (AvgIpc) is 3.17. The molecule has 1 aliphatic rings. The lowest BCUT2D eigenvalue weighted by Gasteiger charge is -2.14. The molecule has 0 spiro atoms. The quantitative estimate of drug-likeness (QED) is 0.873. The maximum Gasteiger partial charge on any atom is 0.234 e. The first-order valence-electron chi connectivity index (χ1n) is 7.84. The monoisotopic (exact) mass is 318 g/mol. The summed E-state index contributed by atoms with van der Waals surface area (Å²) in [5.74, 6) is 2.00. The Bertz CT molecular complexity index is 610. The van der Waals surface area contributed by atoms with Gasteiger partial charge in [0, 0.05) is 11.1 Å². The molecule has 0 bridgehead atoms. The molecule has 0 saturated heterocycles. The van der Waals surface area contributed by atoms with Crippen LogP contribution >= 0.6 is 11.3 Å². The third kappa shape index (κ3) is 3.94. The Morgan fingerprint density at radius 2 is 2.14 bits per heavy atom. The topological polar surface area (TPSA) is 59.9 Å². The van der Waals surface area contributed by atoms with E-state index in [1.54, 1.807) is 23.7 Å². The summed E-state index contributed by atoms with van der Waals surface area (Å²) in [5, 5.41) is 4.39. The van der Waals surface area contributed by atoms with Gasteiger partial charge < -0.3 is 10.1 Å². The molecule has 1 unspecified atom stereocenters. The van der Waals surface area contributed by atoms with Crippen LogP contribution in [-0.2, 0) is 0 Å². The molecule has 2 aromatic heterocycles. The molecule has 2 heterocycles. The molecule has 2 aromatic rings. The molecular formula is C16H22N4OS. The highest BCUT2D eigenvalue weighted by Crippen LogP contribution is 2.26. The van der Waals surface area contributed by atoms with Gasteiger partial charge in [0.05, 0.1) is 25.0 Å². The SMILES string of the molecule is Cc1cnc(C(C)Nc2cncc(OCC3CCCC3)n2)s1. The van der Waals surface area contributed by atoms with Crippen molar-refractivity contribution < 1.29 is 4.74 Å². The van der Waals surface area contributed by atoms with Gasteiger partial charge in [-0.3, -0.25) is 4.98 Å². The number of aromatic nitrogens is 3. The van der Waals surface area contributed by atoms with Crippen molar-refractivity contribution in [2.75, 3.05) is 11.9 Å². The number of nitrogens with zero attached hydrogens (tertiary/aromatic N) is 3. The largest absolute Gasteiger partial charge is 0.476 e. The van der Waals surface area contributed by atoms with Crippen molar-refractivity contribution in [3.8, 4) is 5.88 Å². The van der Waals surface area contributed by atoms with Crippen molar-refractivity contribution in [1.29, 1.82) is 0 Å². The molecule has 3 rings (SSSR count). The number of ether oxygens (including phenoxy) is 1. The van der Waals surface area contributed by atoms with E-state index in [9.17, 15) is 0 Å². The Hall–Kier alpha value is -1.69. The van der Waals surface area contributed by atoms with Crippen LogP contribution < -0.4 is 10.1 Å². The maximum absolute atomic E-state index is 5.80. The molecule has 6 heteroatoms. The van der Waals surface area contributed by atoms with Crippen LogP contribution in [0, 0.1) is 12.8 Å². The number of nitrogens with one attached hydrogen (secondary N) is 1. The van der Waals surface area contributed by atoms with E-state index in [4.69, 9.17) is 4.74 Å². The fraction of sp³-hybridized carbons (Fsp3) is 0.562. The van der Waals surface area contributed by atoms with Gasteiger partial charge >= 0.3 is 0 Å². The van der Waals surface area contributed by atoms with Gasteiger partial charge in [-0.1, -0.05) is 12.8 Å². The average molecular weight is 318 g/mol. The van der Waals surface area contributed by atoms with Gasteiger partial charge in [-0.2, -0.15) is 4.98 Å². The molecule has 1 aliphatic carbocycles. The van der Waals surface area contributed by atoms with Crippen molar-refractivity contribution in [3.63, 3.8) is 0 Å². The minimum absolute atomic E-state index is 0.109. The zero-order valence-corrected chi connectivity index (χ0v) is 13.9. The molecule has 0 aromatic carbocycles. The number of thiazole rings is 1. The molecular weight excluding hydrogens is 296 g/mol. The fourth-order valence-corrected chi connectivity index (χ4v) is 3.50. The molecule has 1 N–H and O–H groups in total. The molecule has 1 fully saturated rings. The second-order valence-electron chi connectivity index (χ2n) is 5.88. The molecule has 0 radical (unpaired) electrons. The van der Waals surface area contributed by atoms with E-state index in [1.165, 1.54) is 30.6 Å². The number of aryl methyl sites for hydroxylation is 1.